The van der Waals surface area contributed by atoms with Gasteiger partial charge < -0.3 is 19.5 Å². The molecule has 1 aromatic carbocycles. The normalized spacial score (nSPS) is 13.8. The molecule has 1 aromatic heterocycles. The van der Waals surface area contributed by atoms with Gasteiger partial charge in [-0.05, 0) is 36.2 Å². The van der Waals surface area contributed by atoms with Crippen LogP contribution < -0.4 is 0 Å². The van der Waals surface area contributed by atoms with Gasteiger partial charge in [0.05, 0.1) is 0 Å². The summed E-state index contributed by atoms with van der Waals surface area (Å²) in [5.74, 6) is 0.706. The average Bonchev–Trinajstić information content (AvgIpc) is 2.64. The molecule has 2 aromatic rings. The first-order valence-electron chi connectivity index (χ1n) is 8.06. The smallest absolute Gasteiger partial charge is 0.293 e. The Hall–Kier alpha value is -3.02. The number of carbonyl (C=O) groups is 1. The van der Waals surface area contributed by atoms with Crippen molar-refractivity contribution in [2.45, 2.75) is 20.0 Å². The average molecular weight is 340 g/mol. The number of pyridine rings is 1. The zero-order valence-electron chi connectivity index (χ0n) is 14.0. The number of phenols is 1. The summed E-state index contributed by atoms with van der Waals surface area (Å²) in [5.41, 5.74) is 1.83. The van der Waals surface area contributed by atoms with Crippen molar-refractivity contribution in [1.29, 1.82) is 0 Å². The molecule has 3 rings (SSSR count). The van der Waals surface area contributed by atoms with Gasteiger partial charge in [0.1, 0.15) is 24.7 Å². The van der Waals surface area contributed by atoms with Crippen molar-refractivity contribution >= 4 is 5.91 Å². The van der Waals surface area contributed by atoms with Crippen molar-refractivity contribution < 1.29 is 19.4 Å². The number of ether oxygens (including phenoxy) is 2. The van der Waals surface area contributed by atoms with Crippen LogP contribution in [0.3, 0.4) is 0 Å². The van der Waals surface area contributed by atoms with Crippen LogP contribution in [0.4, 0.5) is 0 Å². The highest BCUT2D eigenvalue weighted by atomic mass is 16.6. The molecule has 130 valence electrons. The van der Waals surface area contributed by atoms with E-state index in [1.165, 1.54) is 0 Å². The first-order valence-corrected chi connectivity index (χ1v) is 8.06. The highest BCUT2D eigenvalue weighted by molar-refractivity contribution is 5.92. The summed E-state index contributed by atoms with van der Waals surface area (Å²) >= 11 is 0. The molecule has 0 saturated carbocycles. The van der Waals surface area contributed by atoms with Crippen LogP contribution in [-0.4, -0.2) is 34.1 Å². The Balaban J connectivity index is 1.85. The minimum Gasteiger partial charge on any atom is -0.508 e. The second-order valence-corrected chi connectivity index (χ2v) is 5.77. The minimum atomic E-state index is -0.228. The molecule has 1 amide bonds. The number of hydrogen-bond donors (Lipinski definition) is 1. The molecule has 0 saturated heterocycles. The van der Waals surface area contributed by atoms with Crippen molar-refractivity contribution in [3.63, 3.8) is 0 Å². The summed E-state index contributed by atoms with van der Waals surface area (Å²) < 4.78 is 11.0. The SMILES string of the molecule is CC1=C(C(=O)N(Cc2ccc(O)cc2)Cc2cccnc2)OCCO1. The van der Waals surface area contributed by atoms with E-state index in [9.17, 15) is 9.90 Å². The van der Waals surface area contributed by atoms with Crippen molar-refractivity contribution in [1.82, 2.24) is 9.88 Å². The number of hydrogen-bond acceptors (Lipinski definition) is 5. The highest BCUT2D eigenvalue weighted by Gasteiger charge is 2.25. The van der Waals surface area contributed by atoms with E-state index in [1.54, 1.807) is 48.5 Å². The Bertz CT molecular complexity index is 757. The van der Waals surface area contributed by atoms with Gasteiger partial charge in [-0.25, -0.2) is 0 Å². The topological polar surface area (TPSA) is 71.9 Å². The maximum absolute atomic E-state index is 13.0. The van der Waals surface area contributed by atoms with E-state index in [2.05, 4.69) is 4.98 Å². The number of carbonyl (C=O) groups excluding carboxylic acids is 1. The van der Waals surface area contributed by atoms with Gasteiger partial charge in [-0.3, -0.25) is 9.78 Å². The number of nitrogens with zero attached hydrogens (tertiary/aromatic N) is 2. The van der Waals surface area contributed by atoms with Crippen LogP contribution in [0.1, 0.15) is 18.1 Å². The fourth-order valence-corrected chi connectivity index (χ4v) is 2.59. The maximum atomic E-state index is 13.0. The Morgan fingerprint density at radius 3 is 2.52 bits per heavy atom. The van der Waals surface area contributed by atoms with Gasteiger partial charge in [0.2, 0.25) is 5.76 Å². The molecular weight excluding hydrogens is 320 g/mol. The molecule has 25 heavy (non-hydrogen) atoms. The molecule has 0 spiro atoms. The second-order valence-electron chi connectivity index (χ2n) is 5.77. The summed E-state index contributed by atoms with van der Waals surface area (Å²) in [6.45, 7) is 3.32. The Kier molecular flexibility index (Phi) is 5.18. The Morgan fingerprint density at radius 1 is 1.12 bits per heavy atom. The summed E-state index contributed by atoms with van der Waals surface area (Å²) in [6.07, 6.45) is 3.43. The largest absolute Gasteiger partial charge is 0.508 e. The lowest BCUT2D eigenvalue weighted by atomic mass is 10.1. The number of phenolic OH excluding ortho intramolecular Hbond substituents is 1. The van der Waals surface area contributed by atoms with E-state index in [4.69, 9.17) is 9.47 Å². The predicted molar refractivity (Wildman–Crippen MR) is 91.2 cm³/mol. The minimum absolute atomic E-state index is 0.191. The van der Waals surface area contributed by atoms with Crippen LogP contribution in [0.5, 0.6) is 5.75 Å². The van der Waals surface area contributed by atoms with E-state index in [-0.39, 0.29) is 17.4 Å². The van der Waals surface area contributed by atoms with Crippen molar-refractivity contribution in [2.75, 3.05) is 13.2 Å². The first kappa shape index (κ1) is 16.8. The molecule has 1 aliphatic heterocycles. The van der Waals surface area contributed by atoms with Gasteiger partial charge in [0, 0.05) is 25.5 Å². The fourth-order valence-electron chi connectivity index (χ4n) is 2.59. The Labute approximate surface area is 146 Å². The number of aromatic hydroxyl groups is 1. The van der Waals surface area contributed by atoms with E-state index < -0.39 is 0 Å². The monoisotopic (exact) mass is 340 g/mol. The fraction of sp³-hybridized carbons (Fsp3) is 0.263. The number of aromatic nitrogens is 1. The zero-order valence-corrected chi connectivity index (χ0v) is 14.0. The van der Waals surface area contributed by atoms with E-state index >= 15 is 0 Å². The van der Waals surface area contributed by atoms with E-state index in [0.717, 1.165) is 11.1 Å². The van der Waals surface area contributed by atoms with Gasteiger partial charge >= 0.3 is 0 Å². The zero-order chi connectivity index (χ0) is 17.6. The molecule has 6 heteroatoms. The molecule has 0 aliphatic carbocycles. The van der Waals surface area contributed by atoms with Gasteiger partial charge in [-0.1, -0.05) is 18.2 Å². The molecule has 0 fully saturated rings. The lowest BCUT2D eigenvalue weighted by Gasteiger charge is -2.27. The number of rotatable bonds is 5. The van der Waals surface area contributed by atoms with Gasteiger partial charge in [-0.2, -0.15) is 0 Å². The second kappa shape index (κ2) is 7.70. The van der Waals surface area contributed by atoms with Crippen LogP contribution >= 0.6 is 0 Å². The summed E-state index contributed by atoms with van der Waals surface area (Å²) in [6, 6.07) is 10.5. The molecular formula is C19H20N2O4. The van der Waals surface area contributed by atoms with Crippen molar-refractivity contribution in [3.05, 3.63) is 71.4 Å². The molecule has 2 heterocycles. The van der Waals surface area contributed by atoms with Crippen molar-refractivity contribution in [3.8, 4) is 5.75 Å². The lowest BCUT2D eigenvalue weighted by Crippen LogP contribution is -2.34. The molecule has 6 nitrogen and oxygen atoms in total. The molecule has 0 atom stereocenters. The predicted octanol–water partition coefficient (Wildman–Crippen LogP) is 2.59. The highest BCUT2D eigenvalue weighted by Crippen LogP contribution is 2.20. The number of allylic oxidation sites excluding steroid dienone is 1. The van der Waals surface area contributed by atoms with Gasteiger partial charge in [0.25, 0.3) is 5.91 Å². The van der Waals surface area contributed by atoms with Crippen LogP contribution in [0.15, 0.2) is 60.3 Å². The van der Waals surface area contributed by atoms with Crippen LogP contribution in [-0.2, 0) is 27.4 Å². The third kappa shape index (κ3) is 4.29. The third-order valence-electron chi connectivity index (χ3n) is 3.86. The van der Waals surface area contributed by atoms with Crippen LogP contribution in [0, 0.1) is 0 Å². The Morgan fingerprint density at radius 2 is 1.84 bits per heavy atom. The number of benzene rings is 1. The summed E-state index contributed by atoms with van der Waals surface area (Å²) in [4.78, 5) is 18.8. The molecule has 1 N–H and O–H groups in total. The maximum Gasteiger partial charge on any atom is 0.293 e. The quantitative estimate of drug-likeness (QED) is 0.906. The van der Waals surface area contributed by atoms with Crippen LogP contribution in [0.25, 0.3) is 0 Å². The standard InChI is InChI=1S/C19H20N2O4/c1-14-18(25-10-9-24-14)19(23)21(13-16-3-2-8-20-11-16)12-15-4-6-17(22)7-5-15/h2-8,11,22H,9-10,12-13H2,1H3. The summed E-state index contributed by atoms with van der Waals surface area (Å²) in [5, 5.41) is 9.44. The molecule has 0 radical (unpaired) electrons. The lowest BCUT2D eigenvalue weighted by molar-refractivity contribution is -0.134. The first-order chi connectivity index (χ1) is 12.1. The summed E-state index contributed by atoms with van der Waals surface area (Å²) in [7, 11) is 0. The van der Waals surface area contributed by atoms with Crippen LogP contribution in [0.2, 0.25) is 0 Å². The number of amides is 1. The molecule has 0 unspecified atom stereocenters. The van der Waals surface area contributed by atoms with E-state index in [0.29, 0.717) is 32.1 Å². The molecule has 0 bridgehead atoms. The van der Waals surface area contributed by atoms with E-state index in [1.807, 2.05) is 12.1 Å². The van der Waals surface area contributed by atoms with Crippen molar-refractivity contribution in [2.24, 2.45) is 0 Å². The van der Waals surface area contributed by atoms with Gasteiger partial charge in [0.15, 0.2) is 0 Å². The van der Waals surface area contributed by atoms with Gasteiger partial charge in [-0.15, -0.1) is 0 Å². The third-order valence-corrected chi connectivity index (χ3v) is 3.86. The molecule has 1 aliphatic rings.